The third kappa shape index (κ3) is 4.25. The zero-order valence-electron chi connectivity index (χ0n) is 13.4. The van der Waals surface area contributed by atoms with E-state index >= 15 is 0 Å². The molecule has 1 heterocycles. The molecule has 8 nitrogen and oxygen atoms in total. The number of ether oxygens (including phenoxy) is 1. The highest BCUT2D eigenvalue weighted by atomic mass is 16.6. The summed E-state index contributed by atoms with van der Waals surface area (Å²) in [6.45, 7) is 8.35. The molecule has 0 saturated heterocycles. The van der Waals surface area contributed by atoms with E-state index in [-0.39, 0.29) is 29.4 Å². The zero-order valence-corrected chi connectivity index (χ0v) is 13.4. The number of aryl methyl sites for hydroxylation is 1. The van der Waals surface area contributed by atoms with Crippen LogP contribution < -0.4 is 10.1 Å². The molecule has 0 saturated carbocycles. The molecule has 21 heavy (non-hydrogen) atoms. The number of hydrogen-bond acceptors (Lipinski definition) is 7. The highest BCUT2D eigenvalue weighted by Crippen LogP contribution is 2.29. The molecule has 0 aliphatic rings. The molecule has 0 aliphatic carbocycles. The first-order valence-electron chi connectivity index (χ1n) is 6.76. The van der Waals surface area contributed by atoms with Crippen LogP contribution in [0.1, 0.15) is 26.5 Å². The summed E-state index contributed by atoms with van der Waals surface area (Å²) in [6, 6.07) is 0. The van der Waals surface area contributed by atoms with Crippen molar-refractivity contribution in [2.24, 2.45) is 0 Å². The molecular formula is C13H23N5O3. The van der Waals surface area contributed by atoms with E-state index in [4.69, 9.17) is 4.74 Å². The number of rotatable bonds is 7. The molecule has 8 heteroatoms. The maximum atomic E-state index is 11.2. The summed E-state index contributed by atoms with van der Waals surface area (Å²) in [5.74, 6) is 0.330. The fraction of sp³-hybridized carbons (Fsp3) is 0.692. The minimum atomic E-state index is -0.511. The third-order valence-electron chi connectivity index (χ3n) is 3.32. The first-order valence-corrected chi connectivity index (χ1v) is 6.76. The summed E-state index contributed by atoms with van der Waals surface area (Å²) in [6.07, 6.45) is 0. The van der Waals surface area contributed by atoms with Crippen molar-refractivity contribution in [1.82, 2.24) is 14.9 Å². The normalized spacial score (nSPS) is 11.6. The van der Waals surface area contributed by atoms with Crippen LogP contribution >= 0.6 is 0 Å². The minimum Gasteiger partial charge on any atom is -0.471 e. The van der Waals surface area contributed by atoms with Crippen molar-refractivity contribution < 1.29 is 9.66 Å². The van der Waals surface area contributed by atoms with Gasteiger partial charge in [0, 0.05) is 12.1 Å². The lowest BCUT2D eigenvalue weighted by Crippen LogP contribution is -2.43. The Morgan fingerprint density at radius 3 is 2.48 bits per heavy atom. The summed E-state index contributed by atoms with van der Waals surface area (Å²) in [7, 11) is 3.85. The Bertz CT molecular complexity index is 517. The van der Waals surface area contributed by atoms with Crippen molar-refractivity contribution in [3.63, 3.8) is 0 Å². The molecule has 118 valence electrons. The van der Waals surface area contributed by atoms with Gasteiger partial charge in [-0.1, -0.05) is 0 Å². The Morgan fingerprint density at radius 1 is 1.38 bits per heavy atom. The number of anilines is 1. The molecule has 0 fully saturated rings. The van der Waals surface area contributed by atoms with Gasteiger partial charge in [-0.05, 0) is 41.8 Å². The van der Waals surface area contributed by atoms with Gasteiger partial charge in [0.05, 0.1) is 4.92 Å². The maximum Gasteiger partial charge on any atom is 0.352 e. The van der Waals surface area contributed by atoms with Gasteiger partial charge in [0.2, 0.25) is 5.95 Å². The molecule has 0 atom stereocenters. The van der Waals surface area contributed by atoms with E-state index in [0.29, 0.717) is 12.5 Å². The molecule has 0 aliphatic heterocycles. The monoisotopic (exact) mass is 297 g/mol. The third-order valence-corrected chi connectivity index (χ3v) is 3.32. The molecule has 0 aromatic carbocycles. The standard InChI is InChI=1S/C13H23N5O3/c1-7-14-12-15-9(2)10(18(19)20)11(16-12)21-8-13(3,4)17(5)6/h7-8H2,1-6H3,(H,14,15,16). The van der Waals surface area contributed by atoms with E-state index in [1.165, 1.54) is 0 Å². The highest BCUT2D eigenvalue weighted by molar-refractivity contribution is 5.48. The quantitative estimate of drug-likeness (QED) is 0.606. The number of nitro groups is 1. The molecule has 1 rings (SSSR count). The molecular weight excluding hydrogens is 274 g/mol. The van der Waals surface area contributed by atoms with Crippen LogP contribution in [0.2, 0.25) is 0 Å². The maximum absolute atomic E-state index is 11.2. The van der Waals surface area contributed by atoms with E-state index in [1.807, 2.05) is 39.8 Å². The Morgan fingerprint density at radius 2 is 2.00 bits per heavy atom. The predicted octanol–water partition coefficient (Wildman–Crippen LogP) is 1.84. The van der Waals surface area contributed by atoms with Crippen LogP contribution in [0, 0.1) is 17.0 Å². The summed E-state index contributed by atoms with van der Waals surface area (Å²) in [5.41, 5.74) is -0.180. The van der Waals surface area contributed by atoms with Crippen molar-refractivity contribution in [1.29, 1.82) is 0 Å². The molecule has 1 aromatic rings. The van der Waals surface area contributed by atoms with E-state index < -0.39 is 4.92 Å². The highest BCUT2D eigenvalue weighted by Gasteiger charge is 2.27. The van der Waals surface area contributed by atoms with Crippen LogP contribution in [0.25, 0.3) is 0 Å². The summed E-state index contributed by atoms with van der Waals surface area (Å²) < 4.78 is 5.62. The Kier molecular flexibility index (Phi) is 5.42. The van der Waals surface area contributed by atoms with Crippen molar-refractivity contribution in [2.45, 2.75) is 33.2 Å². The smallest absolute Gasteiger partial charge is 0.352 e. The lowest BCUT2D eigenvalue weighted by molar-refractivity contribution is -0.387. The Labute approximate surface area is 124 Å². The number of nitrogens with zero attached hydrogens (tertiary/aromatic N) is 4. The molecule has 0 radical (unpaired) electrons. The van der Waals surface area contributed by atoms with Gasteiger partial charge in [-0.2, -0.15) is 4.98 Å². The number of likely N-dealkylation sites (N-methyl/N-ethyl adjacent to an activating group) is 1. The molecule has 0 amide bonds. The van der Waals surface area contributed by atoms with Crippen LogP contribution in [0.15, 0.2) is 0 Å². The van der Waals surface area contributed by atoms with Gasteiger partial charge < -0.3 is 15.0 Å². The topological polar surface area (TPSA) is 93.4 Å². The van der Waals surface area contributed by atoms with Gasteiger partial charge in [0.25, 0.3) is 5.88 Å². The van der Waals surface area contributed by atoms with Gasteiger partial charge >= 0.3 is 5.69 Å². The molecule has 0 spiro atoms. The van der Waals surface area contributed by atoms with Gasteiger partial charge in [-0.3, -0.25) is 10.1 Å². The number of aromatic nitrogens is 2. The predicted molar refractivity (Wildman–Crippen MR) is 80.8 cm³/mol. The van der Waals surface area contributed by atoms with E-state index in [9.17, 15) is 10.1 Å². The van der Waals surface area contributed by atoms with Crippen LogP contribution in [0.5, 0.6) is 5.88 Å². The number of hydrogen-bond donors (Lipinski definition) is 1. The first-order chi connectivity index (χ1) is 9.69. The van der Waals surface area contributed by atoms with Crippen LogP contribution in [-0.2, 0) is 0 Å². The second kappa shape index (κ2) is 6.66. The van der Waals surface area contributed by atoms with Gasteiger partial charge in [-0.25, -0.2) is 4.98 Å². The average Bonchev–Trinajstić information content (AvgIpc) is 2.35. The second-order valence-electron chi connectivity index (χ2n) is 5.57. The van der Waals surface area contributed by atoms with Gasteiger partial charge in [0.1, 0.15) is 12.3 Å². The largest absolute Gasteiger partial charge is 0.471 e. The number of nitrogens with one attached hydrogen (secondary N) is 1. The Hall–Kier alpha value is -1.96. The van der Waals surface area contributed by atoms with Crippen LogP contribution in [-0.4, -0.2) is 52.6 Å². The van der Waals surface area contributed by atoms with Crippen molar-refractivity contribution in [3.05, 3.63) is 15.8 Å². The van der Waals surface area contributed by atoms with E-state index in [1.54, 1.807) is 6.92 Å². The Balaban J connectivity index is 3.10. The lowest BCUT2D eigenvalue weighted by atomic mass is 10.1. The van der Waals surface area contributed by atoms with E-state index in [2.05, 4.69) is 15.3 Å². The average molecular weight is 297 g/mol. The molecule has 1 N–H and O–H groups in total. The van der Waals surface area contributed by atoms with Crippen molar-refractivity contribution in [2.75, 3.05) is 32.6 Å². The minimum absolute atomic E-state index is 0.00150. The molecule has 1 aromatic heterocycles. The fourth-order valence-electron chi connectivity index (χ4n) is 1.46. The molecule has 0 bridgehead atoms. The van der Waals surface area contributed by atoms with Crippen molar-refractivity contribution in [3.8, 4) is 5.88 Å². The van der Waals surface area contributed by atoms with Crippen LogP contribution in [0.3, 0.4) is 0 Å². The van der Waals surface area contributed by atoms with Crippen molar-refractivity contribution >= 4 is 11.6 Å². The molecule has 0 unspecified atom stereocenters. The summed E-state index contributed by atoms with van der Waals surface area (Å²) >= 11 is 0. The first kappa shape index (κ1) is 17.1. The van der Waals surface area contributed by atoms with Gasteiger partial charge in [0.15, 0.2) is 0 Å². The zero-order chi connectivity index (χ0) is 16.2. The van der Waals surface area contributed by atoms with Gasteiger partial charge in [-0.15, -0.1) is 0 Å². The summed E-state index contributed by atoms with van der Waals surface area (Å²) in [5, 5.41) is 14.1. The summed E-state index contributed by atoms with van der Waals surface area (Å²) in [4.78, 5) is 20.8. The SMILES string of the molecule is CCNc1nc(C)c([N+](=O)[O-])c(OCC(C)(C)N(C)C)n1. The van der Waals surface area contributed by atoms with E-state index in [0.717, 1.165) is 0 Å². The fourth-order valence-corrected chi connectivity index (χ4v) is 1.46. The lowest BCUT2D eigenvalue weighted by Gasteiger charge is -2.31. The second-order valence-corrected chi connectivity index (χ2v) is 5.57. The van der Waals surface area contributed by atoms with Crippen LogP contribution in [0.4, 0.5) is 11.6 Å².